The van der Waals surface area contributed by atoms with Gasteiger partial charge in [-0.3, -0.25) is 4.79 Å². The monoisotopic (exact) mass is 312 g/mol. The van der Waals surface area contributed by atoms with E-state index in [-0.39, 0.29) is 17.4 Å². The smallest absolute Gasteiger partial charge is 0.310 e. The van der Waals surface area contributed by atoms with E-state index in [1.807, 2.05) is 6.92 Å². The van der Waals surface area contributed by atoms with E-state index in [1.165, 1.54) is 17.5 Å². The fraction of sp³-hybridized carbons (Fsp3) is 0.500. The first kappa shape index (κ1) is 15.8. The molecule has 2 rings (SSSR count). The summed E-state index contributed by atoms with van der Waals surface area (Å²) in [5.41, 5.74) is 7.26. The fourth-order valence-corrected chi connectivity index (χ4v) is 4.05. The predicted molar refractivity (Wildman–Crippen MR) is 79.1 cm³/mol. The van der Waals surface area contributed by atoms with Gasteiger partial charge in [0.25, 0.3) is 0 Å². The molecule has 1 unspecified atom stereocenters. The average molecular weight is 312 g/mol. The Morgan fingerprint density at radius 3 is 2.76 bits per heavy atom. The lowest BCUT2D eigenvalue weighted by Crippen LogP contribution is -2.30. The predicted octanol–water partition coefficient (Wildman–Crippen LogP) is 1.01. The standard InChI is InChI=1S/C14H20N2O4S/c1-3-10-4-5-12(8-13(10)15)21(18,19)16-7-6-11(9-16)14(17)20-2/h4-5,8,11H,3,6-7,9,15H2,1-2H3. The van der Waals surface area contributed by atoms with Crippen LogP contribution in [0.15, 0.2) is 23.1 Å². The van der Waals surface area contributed by atoms with Crippen molar-refractivity contribution in [3.8, 4) is 0 Å². The number of nitrogens with two attached hydrogens (primary N) is 1. The van der Waals surface area contributed by atoms with E-state index in [4.69, 9.17) is 5.73 Å². The number of methoxy groups -OCH3 is 1. The van der Waals surface area contributed by atoms with E-state index in [0.717, 1.165) is 12.0 Å². The van der Waals surface area contributed by atoms with Crippen molar-refractivity contribution in [2.45, 2.75) is 24.7 Å². The van der Waals surface area contributed by atoms with Gasteiger partial charge in [-0.15, -0.1) is 0 Å². The van der Waals surface area contributed by atoms with Crippen molar-refractivity contribution >= 4 is 21.7 Å². The Hall–Kier alpha value is -1.60. The van der Waals surface area contributed by atoms with Crippen molar-refractivity contribution in [1.29, 1.82) is 0 Å². The Balaban J connectivity index is 2.23. The summed E-state index contributed by atoms with van der Waals surface area (Å²) in [4.78, 5) is 11.7. The number of nitrogen functional groups attached to an aromatic ring is 1. The molecule has 0 saturated carbocycles. The summed E-state index contributed by atoms with van der Waals surface area (Å²) in [6.45, 7) is 2.43. The second-order valence-corrected chi connectivity index (χ2v) is 7.02. The molecular weight excluding hydrogens is 292 g/mol. The average Bonchev–Trinajstić information content (AvgIpc) is 2.96. The van der Waals surface area contributed by atoms with Crippen LogP contribution < -0.4 is 5.73 Å². The quantitative estimate of drug-likeness (QED) is 0.662. The Bertz CT molecular complexity index is 642. The molecule has 1 aromatic carbocycles. The molecule has 1 fully saturated rings. The number of carbonyl (C=O) groups excluding carboxylic acids is 1. The minimum atomic E-state index is -3.62. The van der Waals surface area contributed by atoms with Crippen LogP contribution >= 0.6 is 0 Å². The Kier molecular flexibility index (Phi) is 4.53. The molecule has 1 aliphatic heterocycles. The zero-order valence-corrected chi connectivity index (χ0v) is 13.0. The number of sulfonamides is 1. The van der Waals surface area contributed by atoms with Gasteiger partial charge in [0.1, 0.15) is 0 Å². The van der Waals surface area contributed by atoms with Gasteiger partial charge >= 0.3 is 5.97 Å². The lowest BCUT2D eigenvalue weighted by atomic mass is 10.1. The number of ether oxygens (including phenoxy) is 1. The Morgan fingerprint density at radius 2 is 2.19 bits per heavy atom. The minimum Gasteiger partial charge on any atom is -0.469 e. The highest BCUT2D eigenvalue weighted by Gasteiger charge is 2.36. The van der Waals surface area contributed by atoms with Crippen LogP contribution in [-0.2, 0) is 26.0 Å². The summed E-state index contributed by atoms with van der Waals surface area (Å²) in [5, 5.41) is 0. The van der Waals surface area contributed by atoms with Gasteiger partial charge in [0.15, 0.2) is 0 Å². The summed E-state index contributed by atoms with van der Waals surface area (Å²) in [6, 6.07) is 4.78. The number of aryl methyl sites for hydroxylation is 1. The summed E-state index contributed by atoms with van der Waals surface area (Å²) in [7, 11) is -2.31. The number of carbonyl (C=O) groups is 1. The van der Waals surface area contributed by atoms with Gasteiger partial charge in [0.05, 0.1) is 17.9 Å². The third-order valence-corrected chi connectivity index (χ3v) is 5.68. The van der Waals surface area contributed by atoms with E-state index in [1.54, 1.807) is 12.1 Å². The molecular formula is C14H20N2O4S. The maximum Gasteiger partial charge on any atom is 0.310 e. The van der Waals surface area contributed by atoms with Gasteiger partial charge in [-0.1, -0.05) is 13.0 Å². The fourth-order valence-electron chi connectivity index (χ4n) is 2.51. The van der Waals surface area contributed by atoms with Crippen molar-refractivity contribution in [1.82, 2.24) is 4.31 Å². The van der Waals surface area contributed by atoms with Crippen LogP contribution in [0.3, 0.4) is 0 Å². The van der Waals surface area contributed by atoms with Crippen LogP contribution in [0.25, 0.3) is 0 Å². The van der Waals surface area contributed by atoms with Crippen LogP contribution in [-0.4, -0.2) is 38.9 Å². The lowest BCUT2D eigenvalue weighted by molar-refractivity contribution is -0.144. The number of anilines is 1. The molecule has 0 aromatic heterocycles. The van der Waals surface area contributed by atoms with Gasteiger partial charge in [-0.25, -0.2) is 8.42 Å². The van der Waals surface area contributed by atoms with Crippen LogP contribution in [0, 0.1) is 5.92 Å². The summed E-state index contributed by atoms with van der Waals surface area (Å²) in [5.74, 6) is -0.759. The second-order valence-electron chi connectivity index (χ2n) is 5.09. The third kappa shape index (κ3) is 3.03. The molecule has 2 N–H and O–H groups in total. The molecule has 6 nitrogen and oxygen atoms in total. The third-order valence-electron chi connectivity index (χ3n) is 3.82. The topological polar surface area (TPSA) is 89.7 Å². The lowest BCUT2D eigenvalue weighted by Gasteiger charge is -2.17. The largest absolute Gasteiger partial charge is 0.469 e. The number of rotatable bonds is 4. The number of nitrogens with zero attached hydrogens (tertiary/aromatic N) is 1. The highest BCUT2D eigenvalue weighted by atomic mass is 32.2. The van der Waals surface area contributed by atoms with E-state index in [9.17, 15) is 13.2 Å². The normalized spacial score (nSPS) is 19.6. The molecule has 0 amide bonds. The molecule has 1 saturated heterocycles. The van der Waals surface area contributed by atoms with Crippen molar-refractivity contribution in [3.63, 3.8) is 0 Å². The number of benzene rings is 1. The second kappa shape index (κ2) is 6.03. The summed E-state index contributed by atoms with van der Waals surface area (Å²) < 4.78 is 31.1. The number of hydrogen-bond acceptors (Lipinski definition) is 5. The highest BCUT2D eigenvalue weighted by molar-refractivity contribution is 7.89. The summed E-state index contributed by atoms with van der Waals surface area (Å²) >= 11 is 0. The molecule has 1 heterocycles. The van der Waals surface area contributed by atoms with Crippen LogP contribution in [0.4, 0.5) is 5.69 Å². The first-order valence-electron chi connectivity index (χ1n) is 6.86. The molecule has 0 radical (unpaired) electrons. The molecule has 21 heavy (non-hydrogen) atoms. The molecule has 1 aliphatic rings. The number of esters is 1. The van der Waals surface area contributed by atoms with Crippen molar-refractivity contribution in [3.05, 3.63) is 23.8 Å². The zero-order valence-electron chi connectivity index (χ0n) is 12.2. The molecule has 1 atom stereocenters. The summed E-state index contributed by atoms with van der Waals surface area (Å²) in [6.07, 6.45) is 1.23. The van der Waals surface area contributed by atoms with E-state index < -0.39 is 15.9 Å². The van der Waals surface area contributed by atoms with E-state index in [0.29, 0.717) is 18.7 Å². The minimum absolute atomic E-state index is 0.157. The van der Waals surface area contributed by atoms with E-state index in [2.05, 4.69) is 4.74 Å². The first-order chi connectivity index (χ1) is 9.90. The maximum atomic E-state index is 12.6. The van der Waals surface area contributed by atoms with Crippen LogP contribution in [0.2, 0.25) is 0 Å². The molecule has 1 aromatic rings. The van der Waals surface area contributed by atoms with Gasteiger partial charge in [-0.2, -0.15) is 4.31 Å². The Labute approximate surface area is 124 Å². The SMILES string of the molecule is CCc1ccc(S(=O)(=O)N2CCC(C(=O)OC)C2)cc1N. The van der Waals surface area contributed by atoms with Crippen molar-refractivity contribution in [2.75, 3.05) is 25.9 Å². The Morgan fingerprint density at radius 1 is 1.48 bits per heavy atom. The number of hydrogen-bond donors (Lipinski definition) is 1. The molecule has 116 valence electrons. The van der Waals surface area contributed by atoms with Gasteiger partial charge in [-0.05, 0) is 30.5 Å². The van der Waals surface area contributed by atoms with E-state index >= 15 is 0 Å². The first-order valence-corrected chi connectivity index (χ1v) is 8.30. The zero-order chi connectivity index (χ0) is 15.6. The van der Waals surface area contributed by atoms with Crippen LogP contribution in [0.5, 0.6) is 0 Å². The van der Waals surface area contributed by atoms with Gasteiger partial charge in [0.2, 0.25) is 10.0 Å². The van der Waals surface area contributed by atoms with Crippen molar-refractivity contribution in [2.24, 2.45) is 5.92 Å². The van der Waals surface area contributed by atoms with Gasteiger partial charge < -0.3 is 10.5 Å². The van der Waals surface area contributed by atoms with Crippen LogP contribution in [0.1, 0.15) is 18.9 Å². The molecule has 7 heteroatoms. The highest BCUT2D eigenvalue weighted by Crippen LogP contribution is 2.27. The van der Waals surface area contributed by atoms with Crippen molar-refractivity contribution < 1.29 is 17.9 Å². The molecule has 0 spiro atoms. The molecule has 0 aliphatic carbocycles. The van der Waals surface area contributed by atoms with Gasteiger partial charge in [0, 0.05) is 18.8 Å². The maximum absolute atomic E-state index is 12.6. The molecule has 0 bridgehead atoms.